The third-order valence-electron chi connectivity index (χ3n) is 2.69. The summed E-state index contributed by atoms with van der Waals surface area (Å²) in [6, 6.07) is 7.16. The van der Waals surface area contributed by atoms with Crippen LogP contribution in [0.4, 0.5) is 5.69 Å². The van der Waals surface area contributed by atoms with Crippen LogP contribution in [-0.4, -0.2) is 15.7 Å². The van der Waals surface area contributed by atoms with Crippen molar-refractivity contribution in [3.63, 3.8) is 0 Å². The number of nitro benzene ring substituents is 1. The number of nitrogens with zero attached hydrogens (tertiary/aromatic N) is 2. The van der Waals surface area contributed by atoms with E-state index in [1.807, 2.05) is 0 Å². The van der Waals surface area contributed by atoms with E-state index in [9.17, 15) is 14.9 Å². The van der Waals surface area contributed by atoms with Crippen molar-refractivity contribution in [2.24, 2.45) is 0 Å². The first-order chi connectivity index (χ1) is 10.0. The molecule has 2 rings (SSSR count). The highest BCUT2D eigenvalue weighted by molar-refractivity contribution is 6.30. The molecule has 7 heteroatoms. The summed E-state index contributed by atoms with van der Waals surface area (Å²) in [6.45, 7) is 1.74. The number of halogens is 1. The molecular weight excluding hydrogens is 296 g/mol. The summed E-state index contributed by atoms with van der Waals surface area (Å²) < 4.78 is 5.42. The molecule has 1 aromatic carbocycles. The van der Waals surface area contributed by atoms with Crippen molar-refractivity contribution < 1.29 is 14.5 Å². The largest absolute Gasteiger partial charge is 0.449 e. The van der Waals surface area contributed by atoms with E-state index >= 15 is 0 Å². The van der Waals surface area contributed by atoms with Gasteiger partial charge in [0.05, 0.1) is 11.1 Å². The molecule has 21 heavy (non-hydrogen) atoms. The molecule has 0 aliphatic carbocycles. The maximum Gasteiger partial charge on any atom is 0.313 e. The Bertz CT molecular complexity index is 686. The van der Waals surface area contributed by atoms with Crippen molar-refractivity contribution >= 4 is 23.1 Å². The van der Waals surface area contributed by atoms with Crippen molar-refractivity contribution in [2.75, 3.05) is 0 Å². The predicted octanol–water partition coefficient (Wildman–Crippen LogP) is 4.03. The fourth-order valence-electron chi connectivity index (χ4n) is 1.63. The van der Waals surface area contributed by atoms with Crippen molar-refractivity contribution in [3.05, 3.63) is 57.4 Å². The lowest BCUT2D eigenvalue weighted by Gasteiger charge is -2.06. The van der Waals surface area contributed by atoms with Crippen molar-refractivity contribution in [1.29, 1.82) is 0 Å². The minimum absolute atomic E-state index is 0.0563. The van der Waals surface area contributed by atoms with E-state index in [1.54, 1.807) is 6.92 Å². The molecular formula is C14H11ClN2O4. The quantitative estimate of drug-likeness (QED) is 0.473. The van der Waals surface area contributed by atoms with Gasteiger partial charge in [0.15, 0.2) is 5.78 Å². The normalized spacial score (nSPS) is 10.2. The van der Waals surface area contributed by atoms with Gasteiger partial charge in [-0.2, -0.15) is 0 Å². The lowest BCUT2D eigenvalue weighted by molar-refractivity contribution is -0.385. The third-order valence-corrected chi connectivity index (χ3v) is 2.92. The first-order valence-corrected chi connectivity index (χ1v) is 6.50. The fourth-order valence-corrected chi connectivity index (χ4v) is 1.80. The molecule has 0 N–H and O–H groups in total. The number of hydrogen-bond acceptors (Lipinski definition) is 5. The second kappa shape index (κ2) is 6.32. The smallest absolute Gasteiger partial charge is 0.313 e. The van der Waals surface area contributed by atoms with E-state index in [4.69, 9.17) is 16.3 Å². The molecule has 1 aromatic heterocycles. The molecule has 2 aromatic rings. The van der Waals surface area contributed by atoms with E-state index in [1.165, 1.54) is 36.5 Å². The molecule has 0 bridgehead atoms. The number of carbonyl (C=O) groups excluding carboxylic acids is 1. The minimum Gasteiger partial charge on any atom is -0.449 e. The van der Waals surface area contributed by atoms with E-state index in [-0.39, 0.29) is 22.2 Å². The Hall–Kier alpha value is -2.47. The van der Waals surface area contributed by atoms with Gasteiger partial charge in [0.25, 0.3) is 0 Å². The number of pyridine rings is 1. The third kappa shape index (κ3) is 3.55. The molecule has 108 valence electrons. The van der Waals surface area contributed by atoms with Crippen LogP contribution in [0.15, 0.2) is 36.5 Å². The van der Waals surface area contributed by atoms with Crippen LogP contribution in [0.5, 0.6) is 11.5 Å². The highest BCUT2D eigenvalue weighted by Crippen LogP contribution is 2.33. The lowest BCUT2D eigenvalue weighted by atomic mass is 10.2. The van der Waals surface area contributed by atoms with Crippen LogP contribution in [0.1, 0.15) is 23.8 Å². The molecule has 0 saturated carbocycles. The summed E-state index contributed by atoms with van der Waals surface area (Å²) in [5, 5.41) is 11.2. The first-order valence-electron chi connectivity index (χ1n) is 6.12. The van der Waals surface area contributed by atoms with Gasteiger partial charge in [-0.3, -0.25) is 14.9 Å². The summed E-state index contributed by atoms with van der Waals surface area (Å²) in [6.07, 6.45) is 1.71. The van der Waals surface area contributed by atoms with E-state index in [0.29, 0.717) is 17.9 Å². The molecule has 0 aliphatic heterocycles. The predicted molar refractivity (Wildman–Crippen MR) is 77.0 cm³/mol. The Labute approximate surface area is 125 Å². The number of carbonyl (C=O) groups is 1. The highest BCUT2D eigenvalue weighted by Gasteiger charge is 2.16. The van der Waals surface area contributed by atoms with Gasteiger partial charge in [-0.1, -0.05) is 18.5 Å². The Morgan fingerprint density at radius 2 is 2.14 bits per heavy atom. The van der Waals surface area contributed by atoms with Crippen LogP contribution in [-0.2, 0) is 0 Å². The van der Waals surface area contributed by atoms with Gasteiger partial charge < -0.3 is 4.74 Å². The molecule has 0 amide bonds. The average Bonchev–Trinajstić information content (AvgIpc) is 2.49. The van der Waals surface area contributed by atoms with Gasteiger partial charge >= 0.3 is 5.69 Å². The zero-order valence-corrected chi connectivity index (χ0v) is 11.8. The molecule has 6 nitrogen and oxygen atoms in total. The van der Waals surface area contributed by atoms with Gasteiger partial charge in [0, 0.05) is 17.5 Å². The number of rotatable bonds is 5. The Balaban J connectivity index is 2.26. The van der Waals surface area contributed by atoms with Gasteiger partial charge in [-0.05, 0) is 24.3 Å². The van der Waals surface area contributed by atoms with Crippen LogP contribution in [0.3, 0.4) is 0 Å². The SMILES string of the molecule is CCC(=O)c1ccc(Oc2ccc(Cl)cc2[N+](=O)[O-])cn1. The summed E-state index contributed by atoms with van der Waals surface area (Å²) in [5.74, 6) is 0.271. The summed E-state index contributed by atoms with van der Waals surface area (Å²) in [5.41, 5.74) is 0.0895. The lowest BCUT2D eigenvalue weighted by Crippen LogP contribution is -2.00. The molecule has 0 spiro atoms. The van der Waals surface area contributed by atoms with Crippen LogP contribution in [0.25, 0.3) is 0 Å². The Morgan fingerprint density at radius 1 is 1.38 bits per heavy atom. The van der Waals surface area contributed by atoms with Crippen LogP contribution >= 0.6 is 11.6 Å². The number of ketones is 1. The first kappa shape index (κ1) is 14.9. The van der Waals surface area contributed by atoms with Gasteiger partial charge in [-0.25, -0.2) is 4.98 Å². The maximum absolute atomic E-state index is 11.5. The number of hydrogen-bond donors (Lipinski definition) is 0. The second-order valence-corrected chi connectivity index (χ2v) is 4.56. The molecule has 0 radical (unpaired) electrons. The van der Waals surface area contributed by atoms with Crippen LogP contribution in [0, 0.1) is 10.1 Å². The zero-order valence-electron chi connectivity index (χ0n) is 11.1. The average molecular weight is 307 g/mol. The highest BCUT2D eigenvalue weighted by atomic mass is 35.5. The Kier molecular flexibility index (Phi) is 4.49. The van der Waals surface area contributed by atoms with Crippen molar-refractivity contribution in [2.45, 2.75) is 13.3 Å². The number of Topliss-reactive ketones (excluding diaryl/α,β-unsaturated/α-hetero) is 1. The van der Waals surface area contributed by atoms with Gasteiger partial charge in [-0.15, -0.1) is 0 Å². The molecule has 0 unspecified atom stereocenters. The zero-order chi connectivity index (χ0) is 15.4. The van der Waals surface area contributed by atoms with Crippen molar-refractivity contribution in [1.82, 2.24) is 4.98 Å². The standard InChI is InChI=1S/C14H11ClN2O4/c1-2-13(18)11-5-4-10(8-16-11)21-14-6-3-9(15)7-12(14)17(19)20/h3-8H,2H2,1H3. The van der Waals surface area contributed by atoms with Crippen LogP contribution in [0.2, 0.25) is 5.02 Å². The molecule has 0 aliphatic rings. The van der Waals surface area contributed by atoms with E-state index in [2.05, 4.69) is 4.98 Å². The van der Waals surface area contributed by atoms with Crippen molar-refractivity contribution in [3.8, 4) is 11.5 Å². The van der Waals surface area contributed by atoms with E-state index in [0.717, 1.165) is 0 Å². The summed E-state index contributed by atoms with van der Waals surface area (Å²) in [4.78, 5) is 25.8. The number of ether oxygens (including phenoxy) is 1. The monoisotopic (exact) mass is 306 g/mol. The maximum atomic E-state index is 11.5. The number of aromatic nitrogens is 1. The summed E-state index contributed by atoms with van der Waals surface area (Å²) in [7, 11) is 0. The molecule has 0 atom stereocenters. The topological polar surface area (TPSA) is 82.3 Å². The fraction of sp³-hybridized carbons (Fsp3) is 0.143. The molecule has 0 fully saturated rings. The Morgan fingerprint density at radius 3 is 2.71 bits per heavy atom. The second-order valence-electron chi connectivity index (χ2n) is 4.13. The van der Waals surface area contributed by atoms with Gasteiger partial charge in [0.2, 0.25) is 5.75 Å². The number of benzene rings is 1. The van der Waals surface area contributed by atoms with E-state index < -0.39 is 4.92 Å². The van der Waals surface area contributed by atoms with Crippen LogP contribution < -0.4 is 4.74 Å². The molecule has 0 saturated heterocycles. The van der Waals surface area contributed by atoms with Gasteiger partial charge in [0.1, 0.15) is 11.4 Å². The minimum atomic E-state index is -0.580. The molecule has 1 heterocycles. The summed E-state index contributed by atoms with van der Waals surface area (Å²) >= 11 is 5.73. The number of nitro groups is 1.